The molecule has 0 radical (unpaired) electrons. The molecule has 0 fully saturated rings. The molecule has 6 atom stereocenters. The van der Waals surface area contributed by atoms with Crippen molar-refractivity contribution in [1.82, 2.24) is 49.7 Å². The average molecular weight is 1060 g/mol. The summed E-state index contributed by atoms with van der Waals surface area (Å²) in [5, 5.41) is 25.6. The van der Waals surface area contributed by atoms with Crippen molar-refractivity contribution in [3.05, 3.63) is 143 Å². The van der Waals surface area contributed by atoms with E-state index in [0.29, 0.717) is 44.8 Å². The highest BCUT2D eigenvalue weighted by Gasteiger charge is 2.52. The molecule has 0 spiro atoms. The number of nitrogens with zero attached hydrogens (tertiary/aromatic N) is 8. The van der Waals surface area contributed by atoms with Crippen molar-refractivity contribution in [2.75, 3.05) is 0 Å². The fourth-order valence-corrected chi connectivity index (χ4v) is 10.8. The molecule has 0 unspecified atom stereocenters. The molecule has 76 heavy (non-hydrogen) atoms. The molecular formula is C52H44F10N10O4. The average Bonchev–Trinajstić information content (AvgIpc) is 4.12. The first kappa shape index (κ1) is 50.9. The van der Waals surface area contributed by atoms with Crippen LogP contribution in [0.3, 0.4) is 0 Å². The molecular weight excluding hydrogens is 1020 g/mol. The molecule has 14 nitrogen and oxygen atoms in total. The second-order valence-corrected chi connectivity index (χ2v) is 20.0. The molecule has 0 amide bonds. The summed E-state index contributed by atoms with van der Waals surface area (Å²) in [6.07, 6.45) is -2.65. The monoisotopic (exact) mass is 1060 g/mol. The third-order valence-corrected chi connectivity index (χ3v) is 14.0. The van der Waals surface area contributed by atoms with E-state index in [4.69, 9.17) is 9.47 Å². The van der Waals surface area contributed by atoms with E-state index >= 15 is 0 Å². The van der Waals surface area contributed by atoms with Gasteiger partial charge in [-0.15, -0.1) is 0 Å². The summed E-state index contributed by atoms with van der Waals surface area (Å²) >= 11 is 0. The van der Waals surface area contributed by atoms with Crippen LogP contribution in [0.25, 0.3) is 44.3 Å². The number of ether oxygens (including phenoxy) is 2. The standard InChI is InChI=1S/2C26H22F5N5O2/c2*1-25(2,37)23-32-10-13(11-33-23)12-6-7-15-17(8-12)36-18-9-16(22(36)35-15)34-21(26(29,30)31)14-4-3-5-19(20(14)18)38-24(27)28/h2*3-8,10-11,16,18,21,24,34,37H,9H2,1-2H3/t2*16-,18-,21-/m11/s1. The van der Waals surface area contributed by atoms with Crippen LogP contribution in [0.4, 0.5) is 43.9 Å². The number of aliphatic hydroxyl groups is 2. The molecule has 8 aromatic rings. The SMILES string of the molecule is CC(C)(O)c1ncc(-c2ccc3nc4n(c3c2)[C@@H]2C[C@H]4N[C@@H](C(F)(F)F)c3cccc(OC(F)F)c32)cn1.CC(C)(O)c1ncc(-c2ccc3nc4n(c3c2)[C@@H]2C[C@H]4N[C@@H](C(F)(F)F)c3cccc(OC(F)F)c32)cn1. The number of imidazole rings is 2. The van der Waals surface area contributed by atoms with Gasteiger partial charge in [-0.2, -0.15) is 43.9 Å². The largest absolute Gasteiger partial charge is 0.434 e. The Kier molecular flexibility index (Phi) is 12.2. The van der Waals surface area contributed by atoms with Gasteiger partial charge in [0, 0.05) is 47.0 Å². The molecule has 4 aliphatic heterocycles. The maximum atomic E-state index is 14.1. The minimum Gasteiger partial charge on any atom is -0.434 e. The summed E-state index contributed by atoms with van der Waals surface area (Å²) < 4.78 is 151. The summed E-state index contributed by atoms with van der Waals surface area (Å²) in [5.74, 6) is 0.712. The van der Waals surface area contributed by atoms with Crippen molar-refractivity contribution in [2.45, 2.75) is 114 Å². The molecule has 396 valence electrons. The van der Waals surface area contributed by atoms with Crippen molar-refractivity contribution < 1.29 is 63.6 Å². The molecule has 4 aliphatic rings. The Labute approximate surface area is 424 Å². The van der Waals surface area contributed by atoms with Gasteiger partial charge in [0.25, 0.3) is 0 Å². The van der Waals surface area contributed by atoms with E-state index in [-0.39, 0.29) is 58.2 Å². The van der Waals surface area contributed by atoms with Gasteiger partial charge in [-0.1, -0.05) is 36.4 Å². The second kappa shape index (κ2) is 18.2. The zero-order chi connectivity index (χ0) is 54.0. The van der Waals surface area contributed by atoms with E-state index in [9.17, 15) is 54.1 Å². The first-order chi connectivity index (χ1) is 35.8. The zero-order valence-electron chi connectivity index (χ0n) is 40.3. The van der Waals surface area contributed by atoms with Crippen molar-refractivity contribution in [1.29, 1.82) is 0 Å². The smallest absolute Gasteiger partial charge is 0.407 e. The topological polar surface area (TPSA) is 170 Å². The van der Waals surface area contributed by atoms with Gasteiger partial charge >= 0.3 is 25.6 Å². The van der Waals surface area contributed by atoms with Crippen molar-refractivity contribution in [3.63, 3.8) is 0 Å². The Morgan fingerprint density at radius 2 is 0.908 bits per heavy atom. The number of hydrogen-bond donors (Lipinski definition) is 4. The van der Waals surface area contributed by atoms with Gasteiger partial charge in [-0.25, -0.2) is 29.9 Å². The second-order valence-electron chi connectivity index (χ2n) is 20.0. The highest BCUT2D eigenvalue weighted by Crippen LogP contribution is 2.54. The third kappa shape index (κ3) is 9.02. The summed E-state index contributed by atoms with van der Waals surface area (Å²) in [5.41, 5.74) is 2.51. The predicted molar refractivity (Wildman–Crippen MR) is 253 cm³/mol. The van der Waals surface area contributed by atoms with Gasteiger partial charge in [0.1, 0.15) is 46.4 Å². The Bertz CT molecular complexity index is 3290. The number of halogens is 10. The van der Waals surface area contributed by atoms with E-state index in [1.54, 1.807) is 85.9 Å². The molecule has 8 heterocycles. The normalized spacial score (nSPS) is 20.9. The summed E-state index contributed by atoms with van der Waals surface area (Å²) in [6.45, 7) is -0.0955. The van der Waals surface area contributed by atoms with Crippen LogP contribution in [-0.2, 0) is 11.2 Å². The number of aromatic nitrogens is 8. The number of rotatable bonds is 8. The maximum absolute atomic E-state index is 14.1. The summed E-state index contributed by atoms with van der Waals surface area (Å²) in [7, 11) is 0. The first-order valence-corrected chi connectivity index (χ1v) is 23.8. The molecule has 4 bridgehead atoms. The minimum atomic E-state index is -4.66. The quantitative estimate of drug-likeness (QED) is 0.106. The van der Waals surface area contributed by atoms with Gasteiger partial charge in [0.2, 0.25) is 0 Å². The lowest BCUT2D eigenvalue weighted by Gasteiger charge is -2.28. The van der Waals surface area contributed by atoms with E-state index < -0.39 is 73.0 Å². The van der Waals surface area contributed by atoms with E-state index in [1.165, 1.54) is 36.4 Å². The van der Waals surface area contributed by atoms with E-state index in [2.05, 4.69) is 40.5 Å². The van der Waals surface area contributed by atoms with Crippen LogP contribution in [0.5, 0.6) is 11.5 Å². The van der Waals surface area contributed by atoms with Crippen molar-refractivity contribution in [2.24, 2.45) is 0 Å². The Morgan fingerprint density at radius 1 is 0.539 bits per heavy atom. The molecule has 0 saturated heterocycles. The van der Waals surface area contributed by atoms with Gasteiger partial charge < -0.3 is 28.8 Å². The Morgan fingerprint density at radius 3 is 1.24 bits per heavy atom. The van der Waals surface area contributed by atoms with Crippen LogP contribution < -0.4 is 20.1 Å². The highest BCUT2D eigenvalue weighted by atomic mass is 19.4. The number of nitrogens with one attached hydrogen (secondary N) is 2. The van der Waals surface area contributed by atoms with Crippen LogP contribution in [-0.4, -0.2) is 74.8 Å². The highest BCUT2D eigenvalue weighted by molar-refractivity contribution is 5.84. The number of alkyl halides is 10. The first-order valence-electron chi connectivity index (χ1n) is 23.8. The van der Waals surface area contributed by atoms with Gasteiger partial charge in [-0.3, -0.25) is 10.6 Å². The Hall–Kier alpha value is -7.28. The fourth-order valence-electron chi connectivity index (χ4n) is 10.8. The van der Waals surface area contributed by atoms with Crippen molar-refractivity contribution in [3.8, 4) is 33.8 Å². The van der Waals surface area contributed by atoms with Crippen LogP contribution in [0, 0.1) is 0 Å². The molecule has 4 aromatic heterocycles. The summed E-state index contributed by atoms with van der Waals surface area (Å²) in [6, 6.07) is 11.4. The Balaban J connectivity index is 0.000000162. The molecule has 4 aromatic carbocycles. The lowest BCUT2D eigenvalue weighted by molar-refractivity contribution is -0.160. The fraction of sp³-hybridized carbons (Fsp3) is 0.346. The predicted octanol–water partition coefficient (Wildman–Crippen LogP) is 11.1. The number of benzene rings is 4. The zero-order valence-corrected chi connectivity index (χ0v) is 40.3. The molecule has 24 heteroatoms. The third-order valence-electron chi connectivity index (χ3n) is 14.0. The molecule has 12 rings (SSSR count). The molecule has 0 aliphatic carbocycles. The molecule has 0 saturated carbocycles. The van der Waals surface area contributed by atoms with Gasteiger partial charge in [-0.05, 0) is 99.2 Å². The van der Waals surface area contributed by atoms with Gasteiger partial charge in [0.05, 0.1) is 46.2 Å². The maximum Gasteiger partial charge on any atom is 0.407 e. The van der Waals surface area contributed by atoms with Crippen LogP contribution in [0.1, 0.15) is 122 Å². The van der Waals surface area contributed by atoms with Crippen LogP contribution in [0.15, 0.2) is 97.6 Å². The number of hydrogen-bond acceptors (Lipinski definition) is 12. The van der Waals surface area contributed by atoms with Gasteiger partial charge in [0.15, 0.2) is 11.6 Å². The van der Waals surface area contributed by atoms with Crippen LogP contribution in [0.2, 0.25) is 0 Å². The lowest BCUT2D eigenvalue weighted by Crippen LogP contribution is -2.36. The lowest BCUT2D eigenvalue weighted by atomic mass is 9.94. The van der Waals surface area contributed by atoms with E-state index in [0.717, 1.165) is 11.1 Å². The van der Waals surface area contributed by atoms with Crippen LogP contribution >= 0.6 is 0 Å². The minimum absolute atomic E-state index is 0.0615. The van der Waals surface area contributed by atoms with E-state index in [1.807, 2.05) is 12.1 Å². The van der Waals surface area contributed by atoms with Crippen molar-refractivity contribution >= 4 is 22.1 Å². The number of fused-ring (bicyclic) bond motifs is 18. The summed E-state index contributed by atoms with van der Waals surface area (Å²) in [4.78, 5) is 26.2. The molecule has 4 N–H and O–H groups in total.